The summed E-state index contributed by atoms with van der Waals surface area (Å²) < 4.78 is 5.26. The van der Waals surface area contributed by atoms with Crippen LogP contribution in [0.2, 0.25) is 0 Å². The molecule has 170 valence electrons. The topological polar surface area (TPSA) is 108 Å². The number of H-pyrrole nitrogens is 2. The van der Waals surface area contributed by atoms with Gasteiger partial charge in [0.1, 0.15) is 0 Å². The van der Waals surface area contributed by atoms with Gasteiger partial charge in [-0.2, -0.15) is 5.10 Å². The lowest BCUT2D eigenvalue weighted by molar-refractivity contribution is 0.568. The number of pyridine rings is 2. The van der Waals surface area contributed by atoms with Crippen molar-refractivity contribution in [2.24, 2.45) is 4.99 Å². The van der Waals surface area contributed by atoms with E-state index in [-0.39, 0.29) is 0 Å². The monoisotopic (exact) mass is 451 g/mol. The van der Waals surface area contributed by atoms with Gasteiger partial charge in [0.2, 0.25) is 0 Å². The van der Waals surface area contributed by atoms with Crippen LogP contribution in [0.5, 0.6) is 0 Å². The van der Waals surface area contributed by atoms with E-state index in [1.54, 1.807) is 31.1 Å². The molecule has 0 aliphatic heterocycles. The zero-order valence-corrected chi connectivity index (χ0v) is 19.3. The summed E-state index contributed by atoms with van der Waals surface area (Å²) >= 11 is 0. The van der Waals surface area contributed by atoms with Crippen LogP contribution < -0.4 is 5.32 Å². The number of allylic oxidation sites excluding steroid dienone is 3. The molecule has 0 bridgehead atoms. The van der Waals surface area contributed by atoms with Crippen molar-refractivity contribution in [2.75, 3.05) is 0 Å². The molecular weight excluding hydrogens is 426 g/mol. The Hall–Kier alpha value is -4.46. The highest BCUT2D eigenvalue weighted by Gasteiger charge is 2.16. The van der Waals surface area contributed by atoms with Crippen LogP contribution >= 0.6 is 0 Å². The van der Waals surface area contributed by atoms with E-state index in [1.165, 1.54) is 0 Å². The SMILES string of the molecule is C=N/C=C(\C=C(/C)NC(C)C)c1cnc2n[nH]c(-c3cc4c(-c5ccoc5)nccc4[nH]3)c2c1. The highest BCUT2D eigenvalue weighted by atomic mass is 16.3. The van der Waals surface area contributed by atoms with Crippen LogP contribution in [-0.4, -0.2) is 37.9 Å². The van der Waals surface area contributed by atoms with Crippen molar-refractivity contribution >= 4 is 34.2 Å². The van der Waals surface area contributed by atoms with Crippen molar-refractivity contribution in [3.8, 4) is 22.6 Å². The van der Waals surface area contributed by atoms with E-state index >= 15 is 0 Å². The average molecular weight is 452 g/mol. The second kappa shape index (κ2) is 8.82. The quantitative estimate of drug-likeness (QED) is 0.217. The van der Waals surface area contributed by atoms with Gasteiger partial charge in [0.15, 0.2) is 5.65 Å². The number of nitrogens with one attached hydrogen (secondary N) is 3. The normalized spacial score (nSPS) is 12.7. The molecule has 34 heavy (non-hydrogen) atoms. The zero-order valence-electron chi connectivity index (χ0n) is 19.3. The van der Waals surface area contributed by atoms with Crippen molar-refractivity contribution in [3.05, 3.63) is 72.7 Å². The molecule has 0 aliphatic carbocycles. The zero-order chi connectivity index (χ0) is 23.7. The smallest absolute Gasteiger partial charge is 0.181 e. The number of rotatable bonds is 7. The number of nitrogens with zero attached hydrogens (tertiary/aromatic N) is 4. The van der Waals surface area contributed by atoms with Gasteiger partial charge in [-0.25, -0.2) is 4.98 Å². The molecule has 0 saturated heterocycles. The van der Waals surface area contributed by atoms with E-state index in [2.05, 4.69) is 68.2 Å². The molecule has 0 aromatic carbocycles. The number of hydrogen-bond donors (Lipinski definition) is 3. The third kappa shape index (κ3) is 4.01. The van der Waals surface area contributed by atoms with Gasteiger partial charge in [0, 0.05) is 63.3 Å². The summed E-state index contributed by atoms with van der Waals surface area (Å²) in [4.78, 5) is 16.6. The van der Waals surface area contributed by atoms with Crippen LogP contribution in [0.4, 0.5) is 0 Å². The number of furan rings is 1. The van der Waals surface area contributed by atoms with Gasteiger partial charge in [-0.05, 0) is 57.8 Å². The molecule has 0 fully saturated rings. The Kier molecular flexibility index (Phi) is 5.55. The summed E-state index contributed by atoms with van der Waals surface area (Å²) in [7, 11) is 0. The molecule has 0 radical (unpaired) electrons. The van der Waals surface area contributed by atoms with E-state index in [0.29, 0.717) is 11.7 Å². The Labute approximate surface area is 196 Å². The van der Waals surface area contributed by atoms with E-state index in [1.807, 2.05) is 25.1 Å². The maximum absolute atomic E-state index is 5.26. The standard InChI is InChI=1S/C26H25N7O/c1-15(2)30-16(3)9-18(12-27-4)19-10-21-25(32-33-26(21)29-13-19)23-11-20-22(31-23)5-7-28-24(20)17-6-8-34-14-17/h5-15,30-31H,4H2,1-3H3,(H,29,32,33)/b16-9+,18-12+. The van der Waals surface area contributed by atoms with Gasteiger partial charge >= 0.3 is 0 Å². The average Bonchev–Trinajstić information content (AvgIpc) is 3.56. The summed E-state index contributed by atoms with van der Waals surface area (Å²) in [5, 5.41) is 12.9. The molecule has 8 heteroatoms. The van der Waals surface area contributed by atoms with Crippen LogP contribution in [0.1, 0.15) is 26.3 Å². The van der Waals surface area contributed by atoms with Gasteiger partial charge in [-0.1, -0.05) is 0 Å². The van der Waals surface area contributed by atoms with Gasteiger partial charge in [0.25, 0.3) is 0 Å². The summed E-state index contributed by atoms with van der Waals surface area (Å²) in [5.74, 6) is 0. The maximum atomic E-state index is 5.26. The summed E-state index contributed by atoms with van der Waals surface area (Å²) in [6.07, 6.45) is 10.7. The van der Waals surface area contributed by atoms with Crippen molar-refractivity contribution in [3.63, 3.8) is 0 Å². The Morgan fingerprint density at radius 1 is 1.21 bits per heavy atom. The van der Waals surface area contributed by atoms with Crippen molar-refractivity contribution in [1.29, 1.82) is 0 Å². The van der Waals surface area contributed by atoms with Crippen LogP contribution in [0.3, 0.4) is 0 Å². The third-order valence-corrected chi connectivity index (χ3v) is 5.47. The van der Waals surface area contributed by atoms with E-state index < -0.39 is 0 Å². The highest BCUT2D eigenvalue weighted by molar-refractivity contribution is 5.99. The third-order valence-electron chi connectivity index (χ3n) is 5.47. The fraction of sp³-hybridized carbons (Fsp3) is 0.154. The molecule has 5 rings (SSSR count). The lowest BCUT2D eigenvalue weighted by atomic mass is 10.1. The van der Waals surface area contributed by atoms with E-state index in [0.717, 1.165) is 55.8 Å². The molecule has 8 nitrogen and oxygen atoms in total. The number of fused-ring (bicyclic) bond motifs is 2. The lowest BCUT2D eigenvalue weighted by Gasteiger charge is -2.11. The molecular formula is C26H25N7O. The molecule has 5 heterocycles. The van der Waals surface area contributed by atoms with Gasteiger partial charge in [-0.15, -0.1) is 0 Å². The first kappa shape index (κ1) is 21.4. The predicted molar refractivity (Wildman–Crippen MR) is 136 cm³/mol. The second-order valence-corrected chi connectivity index (χ2v) is 8.40. The lowest BCUT2D eigenvalue weighted by Crippen LogP contribution is -2.20. The molecule has 5 aromatic rings. The maximum Gasteiger partial charge on any atom is 0.181 e. The summed E-state index contributed by atoms with van der Waals surface area (Å²) in [5.41, 5.74) is 8.01. The number of aromatic nitrogens is 5. The Balaban J connectivity index is 1.60. The van der Waals surface area contributed by atoms with Gasteiger partial charge in [0.05, 0.1) is 29.6 Å². The van der Waals surface area contributed by atoms with Crippen LogP contribution in [-0.2, 0) is 0 Å². The van der Waals surface area contributed by atoms with E-state index in [9.17, 15) is 0 Å². The Morgan fingerprint density at radius 2 is 2.09 bits per heavy atom. The second-order valence-electron chi connectivity index (χ2n) is 8.40. The minimum Gasteiger partial charge on any atom is -0.472 e. The van der Waals surface area contributed by atoms with Crippen molar-refractivity contribution in [2.45, 2.75) is 26.8 Å². The first-order valence-electron chi connectivity index (χ1n) is 11.0. The summed E-state index contributed by atoms with van der Waals surface area (Å²) in [6.45, 7) is 9.87. The number of hydrogen-bond acceptors (Lipinski definition) is 6. The predicted octanol–water partition coefficient (Wildman–Crippen LogP) is 5.70. The van der Waals surface area contributed by atoms with Crippen molar-refractivity contribution in [1.82, 2.24) is 30.5 Å². The molecule has 5 aromatic heterocycles. The number of aromatic amines is 2. The molecule has 0 aliphatic rings. The van der Waals surface area contributed by atoms with Crippen molar-refractivity contribution < 1.29 is 4.42 Å². The highest BCUT2D eigenvalue weighted by Crippen LogP contribution is 2.33. The van der Waals surface area contributed by atoms with Crippen LogP contribution in [0.25, 0.3) is 50.2 Å². The Bertz CT molecular complexity index is 1530. The minimum atomic E-state index is 0.332. The van der Waals surface area contributed by atoms with Gasteiger partial charge in [-0.3, -0.25) is 15.1 Å². The van der Waals surface area contributed by atoms with Crippen LogP contribution in [0, 0.1) is 0 Å². The fourth-order valence-corrected chi connectivity index (χ4v) is 4.10. The molecule has 0 unspecified atom stereocenters. The summed E-state index contributed by atoms with van der Waals surface area (Å²) in [6, 6.07) is 8.33. The fourth-order valence-electron chi connectivity index (χ4n) is 4.10. The molecule has 0 spiro atoms. The minimum absolute atomic E-state index is 0.332. The molecule has 0 saturated carbocycles. The first-order valence-corrected chi connectivity index (χ1v) is 11.0. The Morgan fingerprint density at radius 3 is 2.85 bits per heavy atom. The van der Waals surface area contributed by atoms with Crippen LogP contribution in [0.15, 0.2) is 76.6 Å². The molecule has 0 atom stereocenters. The largest absolute Gasteiger partial charge is 0.472 e. The number of aliphatic imine (C=N–C) groups is 1. The first-order chi connectivity index (χ1) is 16.5. The molecule has 0 amide bonds. The molecule has 3 N–H and O–H groups in total. The van der Waals surface area contributed by atoms with Gasteiger partial charge < -0.3 is 14.7 Å². The van der Waals surface area contributed by atoms with E-state index in [4.69, 9.17) is 4.42 Å².